The van der Waals surface area contributed by atoms with Gasteiger partial charge in [0.05, 0.1) is 6.10 Å². The zero-order valence-electron chi connectivity index (χ0n) is 13.5. The van der Waals surface area contributed by atoms with Crippen LogP contribution in [0.5, 0.6) is 0 Å². The van der Waals surface area contributed by atoms with Crippen molar-refractivity contribution < 1.29 is 5.11 Å². The van der Waals surface area contributed by atoms with Crippen LogP contribution in [-0.2, 0) is 0 Å². The van der Waals surface area contributed by atoms with E-state index in [1.54, 1.807) is 0 Å². The number of rotatable bonds is 4. The van der Waals surface area contributed by atoms with Crippen molar-refractivity contribution in [2.45, 2.75) is 109 Å². The normalized spacial score (nSPS) is 30.8. The van der Waals surface area contributed by atoms with E-state index in [1.165, 1.54) is 83.6 Å². The molecule has 118 valence electrons. The summed E-state index contributed by atoms with van der Waals surface area (Å²) in [5.41, 5.74) is 0. The van der Waals surface area contributed by atoms with E-state index in [4.69, 9.17) is 0 Å². The van der Waals surface area contributed by atoms with E-state index in [9.17, 15) is 5.11 Å². The van der Waals surface area contributed by atoms with Crippen LogP contribution < -0.4 is 0 Å². The summed E-state index contributed by atoms with van der Waals surface area (Å²) in [5.74, 6) is 0. The molecule has 0 heterocycles. The molecule has 2 atom stereocenters. The summed E-state index contributed by atoms with van der Waals surface area (Å²) in [6, 6.07) is 1.24. The SMILES string of the molecule is CCCN(C1CC1)C1CCCCCCCCCCC1O. The molecule has 0 aromatic carbocycles. The van der Waals surface area contributed by atoms with E-state index in [1.807, 2.05) is 0 Å². The summed E-state index contributed by atoms with van der Waals surface area (Å²) in [4.78, 5) is 2.66. The van der Waals surface area contributed by atoms with E-state index in [2.05, 4.69) is 11.8 Å². The number of aliphatic hydroxyl groups is 1. The van der Waals surface area contributed by atoms with Gasteiger partial charge in [-0.25, -0.2) is 0 Å². The highest BCUT2D eigenvalue weighted by molar-refractivity contribution is 4.91. The van der Waals surface area contributed by atoms with Crippen LogP contribution in [0.2, 0.25) is 0 Å². The molecule has 0 aliphatic heterocycles. The molecule has 2 saturated carbocycles. The molecule has 2 aliphatic carbocycles. The van der Waals surface area contributed by atoms with Crippen molar-refractivity contribution in [2.24, 2.45) is 0 Å². The van der Waals surface area contributed by atoms with Gasteiger partial charge in [-0.2, -0.15) is 0 Å². The minimum atomic E-state index is -0.0819. The lowest BCUT2D eigenvalue weighted by Crippen LogP contribution is -2.45. The Hall–Kier alpha value is -0.0800. The Morgan fingerprint density at radius 2 is 1.35 bits per heavy atom. The molecule has 0 saturated heterocycles. The largest absolute Gasteiger partial charge is 0.391 e. The van der Waals surface area contributed by atoms with Crippen molar-refractivity contribution in [3.63, 3.8) is 0 Å². The van der Waals surface area contributed by atoms with Crippen LogP contribution in [0.25, 0.3) is 0 Å². The van der Waals surface area contributed by atoms with Crippen molar-refractivity contribution in [1.82, 2.24) is 4.90 Å². The van der Waals surface area contributed by atoms with Crippen LogP contribution in [0, 0.1) is 0 Å². The van der Waals surface area contributed by atoms with Crippen molar-refractivity contribution >= 4 is 0 Å². The van der Waals surface area contributed by atoms with Gasteiger partial charge in [-0.3, -0.25) is 4.90 Å². The second-order valence-corrected chi connectivity index (χ2v) is 7.01. The molecule has 0 radical (unpaired) electrons. The molecule has 0 amide bonds. The fourth-order valence-corrected chi connectivity index (χ4v) is 3.82. The number of aliphatic hydroxyl groups excluding tert-OH is 1. The molecule has 0 aromatic rings. The molecule has 2 aliphatic rings. The Morgan fingerprint density at radius 1 is 0.800 bits per heavy atom. The molecule has 2 rings (SSSR count). The Bertz CT molecular complexity index is 252. The smallest absolute Gasteiger partial charge is 0.0695 e. The molecule has 2 fully saturated rings. The lowest BCUT2D eigenvalue weighted by molar-refractivity contribution is 0.0304. The fourth-order valence-electron chi connectivity index (χ4n) is 3.82. The van der Waals surface area contributed by atoms with Gasteiger partial charge in [-0.05, 0) is 38.6 Å². The van der Waals surface area contributed by atoms with Crippen molar-refractivity contribution in [2.75, 3.05) is 6.54 Å². The Kier molecular flexibility index (Phi) is 7.37. The van der Waals surface area contributed by atoms with Gasteiger partial charge in [0.1, 0.15) is 0 Å². The molecule has 0 bridgehead atoms. The molecule has 2 nitrogen and oxygen atoms in total. The lowest BCUT2D eigenvalue weighted by Gasteiger charge is -2.35. The first-order valence-corrected chi connectivity index (χ1v) is 9.26. The van der Waals surface area contributed by atoms with Crippen LogP contribution in [-0.4, -0.2) is 34.7 Å². The standard InChI is InChI=1S/C18H35NO/c1-2-15-19(16-13-14-16)17-11-9-7-5-3-4-6-8-10-12-18(17)20/h16-18,20H,2-15H2,1H3. The van der Waals surface area contributed by atoms with Gasteiger partial charge in [-0.15, -0.1) is 0 Å². The number of hydrogen-bond donors (Lipinski definition) is 1. The predicted molar refractivity (Wildman–Crippen MR) is 86.0 cm³/mol. The third-order valence-electron chi connectivity index (χ3n) is 5.12. The molecule has 20 heavy (non-hydrogen) atoms. The Morgan fingerprint density at radius 3 is 1.90 bits per heavy atom. The average molecular weight is 281 g/mol. The molecule has 1 N–H and O–H groups in total. The van der Waals surface area contributed by atoms with Crippen molar-refractivity contribution in [3.8, 4) is 0 Å². The minimum Gasteiger partial charge on any atom is -0.391 e. The molecule has 2 heteroatoms. The zero-order valence-corrected chi connectivity index (χ0v) is 13.5. The van der Waals surface area contributed by atoms with Gasteiger partial charge in [0.15, 0.2) is 0 Å². The maximum atomic E-state index is 10.7. The Labute approximate surface area is 125 Å². The fraction of sp³-hybridized carbons (Fsp3) is 1.00. The summed E-state index contributed by atoms with van der Waals surface area (Å²) >= 11 is 0. The number of hydrogen-bond acceptors (Lipinski definition) is 2. The molecular formula is C18H35NO. The van der Waals surface area contributed by atoms with Gasteiger partial charge in [0.2, 0.25) is 0 Å². The van der Waals surface area contributed by atoms with E-state index >= 15 is 0 Å². The third-order valence-corrected chi connectivity index (χ3v) is 5.12. The topological polar surface area (TPSA) is 23.5 Å². The van der Waals surface area contributed by atoms with Crippen LogP contribution >= 0.6 is 0 Å². The van der Waals surface area contributed by atoms with E-state index in [0.717, 1.165) is 12.5 Å². The van der Waals surface area contributed by atoms with Gasteiger partial charge in [-0.1, -0.05) is 58.3 Å². The average Bonchev–Trinajstić information content (AvgIpc) is 3.25. The Balaban J connectivity index is 1.91. The van der Waals surface area contributed by atoms with Crippen LogP contribution in [0.3, 0.4) is 0 Å². The lowest BCUT2D eigenvalue weighted by atomic mass is 9.94. The van der Waals surface area contributed by atoms with Gasteiger partial charge < -0.3 is 5.11 Å². The summed E-state index contributed by atoms with van der Waals surface area (Å²) in [6.45, 7) is 3.46. The highest BCUT2D eigenvalue weighted by Gasteiger charge is 2.35. The second-order valence-electron chi connectivity index (χ2n) is 7.01. The van der Waals surface area contributed by atoms with Crippen molar-refractivity contribution in [3.05, 3.63) is 0 Å². The summed E-state index contributed by atoms with van der Waals surface area (Å²) in [6.07, 6.45) is 16.9. The van der Waals surface area contributed by atoms with E-state index < -0.39 is 0 Å². The van der Waals surface area contributed by atoms with Gasteiger partial charge in [0.25, 0.3) is 0 Å². The van der Waals surface area contributed by atoms with Crippen LogP contribution in [0.15, 0.2) is 0 Å². The summed E-state index contributed by atoms with van der Waals surface area (Å²) in [7, 11) is 0. The van der Waals surface area contributed by atoms with Gasteiger partial charge in [0, 0.05) is 12.1 Å². The first kappa shape index (κ1) is 16.3. The molecule has 0 aromatic heterocycles. The zero-order chi connectivity index (χ0) is 14.2. The van der Waals surface area contributed by atoms with Crippen molar-refractivity contribution in [1.29, 1.82) is 0 Å². The molecular weight excluding hydrogens is 246 g/mol. The van der Waals surface area contributed by atoms with E-state index in [0.29, 0.717) is 6.04 Å². The van der Waals surface area contributed by atoms with E-state index in [-0.39, 0.29) is 6.10 Å². The molecule has 2 unspecified atom stereocenters. The van der Waals surface area contributed by atoms with Gasteiger partial charge >= 0.3 is 0 Å². The van der Waals surface area contributed by atoms with Crippen LogP contribution in [0.4, 0.5) is 0 Å². The monoisotopic (exact) mass is 281 g/mol. The second kappa shape index (κ2) is 9.04. The summed E-state index contributed by atoms with van der Waals surface area (Å²) in [5, 5.41) is 10.7. The maximum Gasteiger partial charge on any atom is 0.0695 e. The first-order chi connectivity index (χ1) is 9.83. The predicted octanol–water partition coefficient (Wildman–Crippen LogP) is 4.50. The maximum absolute atomic E-state index is 10.7. The first-order valence-electron chi connectivity index (χ1n) is 9.26. The highest BCUT2D eigenvalue weighted by atomic mass is 16.3. The molecule has 0 spiro atoms. The third kappa shape index (κ3) is 5.37. The minimum absolute atomic E-state index is 0.0819. The quantitative estimate of drug-likeness (QED) is 0.820. The van der Waals surface area contributed by atoms with Crippen LogP contribution in [0.1, 0.15) is 90.4 Å². The highest BCUT2D eigenvalue weighted by Crippen LogP contribution is 2.32. The number of nitrogens with zero attached hydrogens (tertiary/aromatic N) is 1. The summed E-state index contributed by atoms with van der Waals surface area (Å²) < 4.78 is 0.